The van der Waals surface area contributed by atoms with Gasteiger partial charge in [-0.25, -0.2) is 8.78 Å². The minimum atomic E-state index is -2.61. The van der Waals surface area contributed by atoms with E-state index in [1.165, 1.54) is 19.1 Å². The number of rotatable bonds is 7. The highest BCUT2D eigenvalue weighted by molar-refractivity contribution is 5.69. The van der Waals surface area contributed by atoms with E-state index in [0.29, 0.717) is 36.5 Å². The SMILES string of the molecule is C=C(/C(C#N)=C/c1ccc2c(c1)OCO2)/C(=C\C(=C/C)C(F)F)NCC.CC.CF. The number of hydrogen-bond donors (Lipinski definition) is 1. The molecular weight excluding hydrogens is 393 g/mol. The number of halogens is 3. The van der Waals surface area contributed by atoms with E-state index in [1.54, 1.807) is 24.3 Å². The van der Waals surface area contributed by atoms with Crippen molar-refractivity contribution in [3.05, 3.63) is 64.9 Å². The number of fused-ring (bicyclic) bond motifs is 1. The molecule has 0 radical (unpaired) electrons. The van der Waals surface area contributed by atoms with Gasteiger partial charge in [0.2, 0.25) is 6.79 Å². The van der Waals surface area contributed by atoms with Crippen LogP contribution in [0.25, 0.3) is 6.08 Å². The third-order valence-corrected chi connectivity index (χ3v) is 3.74. The Morgan fingerprint density at radius 1 is 1.27 bits per heavy atom. The van der Waals surface area contributed by atoms with E-state index in [2.05, 4.69) is 18.0 Å². The molecular formula is C23H29F3N2O2. The van der Waals surface area contributed by atoms with E-state index in [-0.39, 0.29) is 17.9 Å². The van der Waals surface area contributed by atoms with Crippen LogP contribution in [0.4, 0.5) is 13.2 Å². The zero-order valence-electron chi connectivity index (χ0n) is 18.1. The van der Waals surface area contributed by atoms with Crippen molar-refractivity contribution in [2.75, 3.05) is 20.5 Å². The van der Waals surface area contributed by atoms with Gasteiger partial charge in [0.15, 0.2) is 11.5 Å². The summed E-state index contributed by atoms with van der Waals surface area (Å²) in [7, 11) is 0.500. The molecule has 0 unspecified atom stereocenters. The fraction of sp³-hybridized carbons (Fsp3) is 0.348. The highest BCUT2D eigenvalue weighted by Gasteiger charge is 2.15. The molecule has 0 amide bonds. The van der Waals surface area contributed by atoms with Gasteiger partial charge in [-0.05, 0) is 43.7 Å². The number of nitrogens with zero attached hydrogens (tertiary/aromatic N) is 1. The lowest BCUT2D eigenvalue weighted by Gasteiger charge is -2.13. The first kappa shape index (κ1) is 26.9. The van der Waals surface area contributed by atoms with E-state index < -0.39 is 6.43 Å². The lowest BCUT2D eigenvalue weighted by atomic mass is 10.0. The van der Waals surface area contributed by atoms with Crippen LogP contribution in [0.2, 0.25) is 0 Å². The minimum Gasteiger partial charge on any atom is -0.454 e. The molecule has 1 aliphatic heterocycles. The molecule has 0 saturated heterocycles. The summed E-state index contributed by atoms with van der Waals surface area (Å²) in [6.45, 7) is 12.0. The molecule has 164 valence electrons. The molecule has 0 bridgehead atoms. The van der Waals surface area contributed by atoms with Gasteiger partial charge in [0.25, 0.3) is 6.43 Å². The van der Waals surface area contributed by atoms with Gasteiger partial charge in [0, 0.05) is 23.4 Å². The lowest BCUT2D eigenvalue weighted by Crippen LogP contribution is -2.15. The van der Waals surface area contributed by atoms with Crippen molar-refractivity contribution >= 4 is 6.08 Å². The van der Waals surface area contributed by atoms with Crippen molar-refractivity contribution in [1.82, 2.24) is 5.32 Å². The van der Waals surface area contributed by atoms with Gasteiger partial charge in [-0.15, -0.1) is 0 Å². The van der Waals surface area contributed by atoms with Gasteiger partial charge in [0.05, 0.1) is 18.8 Å². The molecule has 1 heterocycles. The van der Waals surface area contributed by atoms with Crippen LogP contribution in [0.15, 0.2) is 59.3 Å². The molecule has 2 rings (SSSR count). The Morgan fingerprint density at radius 2 is 1.90 bits per heavy atom. The second kappa shape index (κ2) is 14.8. The molecule has 0 atom stereocenters. The van der Waals surface area contributed by atoms with E-state index in [4.69, 9.17) is 9.47 Å². The Kier molecular flexibility index (Phi) is 13.3. The van der Waals surface area contributed by atoms with Crippen LogP contribution in [-0.4, -0.2) is 26.9 Å². The summed E-state index contributed by atoms with van der Waals surface area (Å²) >= 11 is 0. The largest absolute Gasteiger partial charge is 0.454 e. The molecule has 1 aromatic rings. The Hall–Kier alpha value is -3.14. The van der Waals surface area contributed by atoms with Crippen LogP contribution in [-0.2, 0) is 0 Å². The van der Waals surface area contributed by atoms with Gasteiger partial charge in [0.1, 0.15) is 0 Å². The van der Waals surface area contributed by atoms with E-state index >= 15 is 0 Å². The first-order valence-corrected chi connectivity index (χ1v) is 9.49. The molecule has 30 heavy (non-hydrogen) atoms. The van der Waals surface area contributed by atoms with Crippen molar-refractivity contribution < 1.29 is 22.6 Å². The van der Waals surface area contributed by atoms with Crippen LogP contribution in [0, 0.1) is 11.3 Å². The third kappa shape index (κ3) is 7.70. The zero-order chi connectivity index (χ0) is 23.1. The number of alkyl halides is 3. The molecule has 0 fully saturated rings. The van der Waals surface area contributed by atoms with Crippen LogP contribution in [0.1, 0.15) is 33.3 Å². The van der Waals surface area contributed by atoms with Gasteiger partial charge in [-0.2, -0.15) is 5.26 Å². The maximum absolute atomic E-state index is 13.0. The molecule has 7 heteroatoms. The summed E-state index contributed by atoms with van der Waals surface area (Å²) < 4.78 is 46.2. The Bertz CT molecular complexity index is 822. The molecule has 1 aliphatic rings. The first-order chi connectivity index (χ1) is 14.5. The van der Waals surface area contributed by atoms with Crippen molar-refractivity contribution in [3.8, 4) is 17.6 Å². The molecule has 1 aromatic carbocycles. The number of likely N-dealkylation sites (N-methyl/N-ethyl adjacent to an activating group) is 1. The fourth-order valence-electron chi connectivity index (χ4n) is 2.38. The number of nitriles is 1. The first-order valence-electron chi connectivity index (χ1n) is 9.49. The van der Waals surface area contributed by atoms with Crippen molar-refractivity contribution in [1.29, 1.82) is 5.26 Å². The number of allylic oxidation sites excluding steroid dienone is 4. The Labute approximate surface area is 177 Å². The van der Waals surface area contributed by atoms with E-state index in [1.807, 2.05) is 20.8 Å². The third-order valence-electron chi connectivity index (χ3n) is 3.74. The van der Waals surface area contributed by atoms with E-state index in [0.717, 1.165) is 5.56 Å². The van der Waals surface area contributed by atoms with Crippen LogP contribution in [0.5, 0.6) is 11.5 Å². The topological polar surface area (TPSA) is 54.3 Å². The number of ether oxygens (including phenoxy) is 2. The summed E-state index contributed by atoms with van der Waals surface area (Å²) in [5.74, 6) is 1.24. The van der Waals surface area contributed by atoms with Crippen LogP contribution < -0.4 is 14.8 Å². The minimum absolute atomic E-state index is 0.137. The predicted octanol–water partition coefficient (Wildman–Crippen LogP) is 6.20. The smallest absolute Gasteiger partial charge is 0.263 e. The lowest BCUT2D eigenvalue weighted by molar-refractivity contribution is 0.174. The average Bonchev–Trinajstić information content (AvgIpc) is 3.25. The van der Waals surface area contributed by atoms with Gasteiger partial charge in [-0.3, -0.25) is 4.39 Å². The Balaban J connectivity index is 0.00000198. The van der Waals surface area contributed by atoms with Gasteiger partial charge < -0.3 is 14.8 Å². The normalized spacial score (nSPS) is 12.9. The molecule has 0 spiro atoms. The predicted molar refractivity (Wildman–Crippen MR) is 115 cm³/mol. The summed E-state index contributed by atoms with van der Waals surface area (Å²) in [6.07, 6.45) is 1.68. The van der Waals surface area contributed by atoms with Gasteiger partial charge in [-0.1, -0.05) is 32.6 Å². The van der Waals surface area contributed by atoms with Crippen molar-refractivity contribution in [2.45, 2.75) is 34.1 Å². The Morgan fingerprint density at radius 3 is 2.43 bits per heavy atom. The fourth-order valence-corrected chi connectivity index (χ4v) is 2.38. The number of benzene rings is 1. The maximum atomic E-state index is 13.0. The monoisotopic (exact) mass is 422 g/mol. The highest BCUT2D eigenvalue weighted by atomic mass is 19.3. The number of nitrogens with one attached hydrogen (secondary N) is 1. The average molecular weight is 422 g/mol. The van der Waals surface area contributed by atoms with Crippen molar-refractivity contribution in [3.63, 3.8) is 0 Å². The maximum Gasteiger partial charge on any atom is 0.263 e. The quantitative estimate of drug-likeness (QED) is 0.420. The summed E-state index contributed by atoms with van der Waals surface area (Å²) in [6, 6.07) is 7.36. The second-order valence-corrected chi connectivity index (χ2v) is 5.44. The summed E-state index contributed by atoms with van der Waals surface area (Å²) in [5, 5.41) is 12.5. The molecule has 0 aliphatic carbocycles. The summed E-state index contributed by atoms with van der Waals surface area (Å²) in [5.41, 5.74) is 1.58. The van der Waals surface area contributed by atoms with Crippen LogP contribution in [0.3, 0.4) is 0 Å². The molecule has 0 aromatic heterocycles. The highest BCUT2D eigenvalue weighted by Crippen LogP contribution is 2.33. The summed E-state index contributed by atoms with van der Waals surface area (Å²) in [4.78, 5) is 0. The van der Waals surface area contributed by atoms with Crippen molar-refractivity contribution in [2.24, 2.45) is 0 Å². The number of hydrogen-bond acceptors (Lipinski definition) is 4. The second-order valence-electron chi connectivity index (χ2n) is 5.44. The molecule has 1 N–H and O–H groups in total. The van der Waals surface area contributed by atoms with Gasteiger partial charge >= 0.3 is 0 Å². The zero-order valence-corrected chi connectivity index (χ0v) is 18.1. The standard InChI is InChI=1S/C20H20F2N2O2.C2H6.CH3F/c1-4-15(20(21)22)10-17(24-5-2)13(3)16(11-23)8-14-6-7-18-19(9-14)26-12-25-18;2*1-2/h4,6-10,20,24H,3,5,12H2,1-2H3;1-2H3;1H3/b15-4+,16-8+,17-10+;;. The molecule has 4 nitrogen and oxygen atoms in total. The van der Waals surface area contributed by atoms with Crippen LogP contribution >= 0.6 is 0 Å². The molecule has 0 saturated carbocycles. The van der Waals surface area contributed by atoms with E-state index in [9.17, 15) is 18.4 Å².